The van der Waals surface area contributed by atoms with Crippen LogP contribution in [0.4, 0.5) is 0 Å². The number of carbonyl (C=O) groups is 2. The molecule has 2 heterocycles. The fourth-order valence-electron chi connectivity index (χ4n) is 2.15. The normalized spacial score (nSPS) is 12.2. The summed E-state index contributed by atoms with van der Waals surface area (Å²) in [5.41, 5.74) is 1.91. The van der Waals surface area contributed by atoms with Gasteiger partial charge >= 0.3 is 5.97 Å². The van der Waals surface area contributed by atoms with Gasteiger partial charge in [0.05, 0.1) is 25.4 Å². The van der Waals surface area contributed by atoms with E-state index in [2.05, 4.69) is 9.84 Å². The second-order valence-electron chi connectivity index (χ2n) is 4.68. The van der Waals surface area contributed by atoms with Crippen molar-refractivity contribution in [1.29, 1.82) is 0 Å². The van der Waals surface area contributed by atoms with Crippen LogP contribution in [0.15, 0.2) is 18.2 Å². The van der Waals surface area contributed by atoms with Gasteiger partial charge in [-0.2, -0.15) is 5.10 Å². The third-order valence-electron chi connectivity index (χ3n) is 3.42. The van der Waals surface area contributed by atoms with E-state index in [1.54, 1.807) is 23.8 Å². The van der Waals surface area contributed by atoms with Crippen LogP contribution in [0.2, 0.25) is 0 Å². The number of ketones is 1. The van der Waals surface area contributed by atoms with Crippen molar-refractivity contribution in [1.82, 2.24) is 9.61 Å². The number of aromatic nitrogens is 2. The van der Waals surface area contributed by atoms with E-state index in [1.165, 1.54) is 14.0 Å². The Labute approximate surface area is 122 Å². The molecule has 0 aromatic carbocycles. The lowest BCUT2D eigenvalue weighted by molar-refractivity contribution is -0.143. The highest BCUT2D eigenvalue weighted by Gasteiger charge is 2.26. The third kappa shape index (κ3) is 2.61. The summed E-state index contributed by atoms with van der Waals surface area (Å²) in [4.78, 5) is 24.0. The Bertz CT molecular complexity index is 690. The number of carbonyl (C=O) groups excluding carboxylic acids is 2. The first-order valence-electron chi connectivity index (χ1n) is 6.71. The molecule has 0 spiro atoms. The summed E-state index contributed by atoms with van der Waals surface area (Å²) >= 11 is 0. The molecule has 0 N–H and O–H groups in total. The highest BCUT2D eigenvalue weighted by Crippen LogP contribution is 2.23. The number of fused-ring (bicyclic) bond motifs is 1. The summed E-state index contributed by atoms with van der Waals surface area (Å²) < 4.78 is 11.5. The molecule has 112 valence electrons. The lowest BCUT2D eigenvalue weighted by atomic mass is 9.99. The van der Waals surface area contributed by atoms with Crippen LogP contribution >= 0.6 is 0 Å². The summed E-state index contributed by atoms with van der Waals surface area (Å²) in [6.45, 7) is 3.51. The minimum atomic E-state index is -0.854. The average Bonchev–Trinajstić information content (AvgIpc) is 2.95. The van der Waals surface area contributed by atoms with Gasteiger partial charge in [0.2, 0.25) is 5.88 Å². The molecule has 0 aliphatic carbocycles. The van der Waals surface area contributed by atoms with Crippen LogP contribution in [-0.2, 0) is 16.0 Å². The molecule has 2 rings (SSSR count). The molecule has 0 saturated heterocycles. The Morgan fingerprint density at radius 2 is 2.05 bits per heavy atom. The molecular weight excluding hydrogens is 272 g/mol. The molecule has 0 amide bonds. The monoisotopic (exact) mass is 290 g/mol. The summed E-state index contributed by atoms with van der Waals surface area (Å²) in [7, 11) is 2.81. The molecule has 0 fully saturated rings. The van der Waals surface area contributed by atoms with Gasteiger partial charge in [-0.15, -0.1) is 0 Å². The van der Waals surface area contributed by atoms with Gasteiger partial charge in [-0.25, -0.2) is 4.52 Å². The van der Waals surface area contributed by atoms with Crippen molar-refractivity contribution in [3.63, 3.8) is 0 Å². The molecule has 2 aromatic heterocycles. The zero-order chi connectivity index (χ0) is 15.6. The minimum absolute atomic E-state index is 0.294. The fourth-order valence-corrected chi connectivity index (χ4v) is 2.15. The van der Waals surface area contributed by atoms with Gasteiger partial charge in [-0.3, -0.25) is 9.59 Å². The quantitative estimate of drug-likeness (QED) is 0.478. The van der Waals surface area contributed by atoms with E-state index < -0.39 is 11.9 Å². The van der Waals surface area contributed by atoms with E-state index in [4.69, 9.17) is 4.74 Å². The molecule has 6 nitrogen and oxygen atoms in total. The Balaban J connectivity index is 2.56. The molecule has 0 aliphatic rings. The largest absolute Gasteiger partial charge is 0.481 e. The number of hydrogen-bond acceptors (Lipinski definition) is 5. The molecule has 0 bridgehead atoms. The van der Waals surface area contributed by atoms with E-state index in [9.17, 15) is 9.59 Å². The number of ether oxygens (including phenoxy) is 2. The first kappa shape index (κ1) is 15.0. The maximum Gasteiger partial charge on any atom is 0.316 e. The number of Topliss-reactive ketones (excluding diaryl/α,β-unsaturated/α-hetero) is 1. The minimum Gasteiger partial charge on any atom is -0.481 e. The number of esters is 1. The molecule has 6 heteroatoms. The van der Waals surface area contributed by atoms with Crippen molar-refractivity contribution in [3.8, 4) is 5.88 Å². The van der Waals surface area contributed by atoms with Gasteiger partial charge in [-0.1, -0.05) is 6.92 Å². The van der Waals surface area contributed by atoms with Gasteiger partial charge in [0, 0.05) is 11.6 Å². The van der Waals surface area contributed by atoms with E-state index >= 15 is 0 Å². The second-order valence-corrected chi connectivity index (χ2v) is 4.68. The number of aryl methyl sites for hydroxylation is 1. The van der Waals surface area contributed by atoms with Gasteiger partial charge in [0.15, 0.2) is 5.78 Å². The van der Waals surface area contributed by atoms with Crippen LogP contribution in [0.5, 0.6) is 5.88 Å². The van der Waals surface area contributed by atoms with Crippen LogP contribution < -0.4 is 4.74 Å². The smallest absolute Gasteiger partial charge is 0.316 e. The first-order valence-corrected chi connectivity index (χ1v) is 6.71. The van der Waals surface area contributed by atoms with Crippen molar-refractivity contribution >= 4 is 17.3 Å². The zero-order valence-corrected chi connectivity index (χ0v) is 12.5. The van der Waals surface area contributed by atoms with Crippen molar-refractivity contribution in [2.24, 2.45) is 5.92 Å². The van der Waals surface area contributed by atoms with Crippen LogP contribution in [0, 0.1) is 5.92 Å². The number of pyridine rings is 1. The van der Waals surface area contributed by atoms with E-state index in [-0.39, 0.29) is 5.78 Å². The molecule has 0 saturated carbocycles. The SMILES string of the molecule is CCc1cc2c(C(=O)C(C)C(=O)OC)ccc(OC)n2n1. The molecule has 2 aromatic rings. The molecular formula is C15H18N2O4. The van der Waals surface area contributed by atoms with Crippen molar-refractivity contribution in [3.05, 3.63) is 29.5 Å². The van der Waals surface area contributed by atoms with Gasteiger partial charge in [0.1, 0.15) is 5.92 Å². The number of nitrogens with zero attached hydrogens (tertiary/aromatic N) is 2. The molecule has 0 aliphatic heterocycles. The van der Waals surface area contributed by atoms with Crippen molar-refractivity contribution in [2.45, 2.75) is 20.3 Å². The van der Waals surface area contributed by atoms with Gasteiger partial charge in [-0.05, 0) is 25.5 Å². The highest BCUT2D eigenvalue weighted by molar-refractivity contribution is 6.11. The van der Waals surface area contributed by atoms with Gasteiger partial charge in [0.25, 0.3) is 0 Å². The molecule has 1 atom stereocenters. The Kier molecular flexibility index (Phi) is 4.26. The predicted molar refractivity (Wildman–Crippen MR) is 76.6 cm³/mol. The zero-order valence-electron chi connectivity index (χ0n) is 12.5. The summed E-state index contributed by atoms with van der Waals surface area (Å²) in [5, 5.41) is 4.39. The Morgan fingerprint density at radius 3 is 2.62 bits per heavy atom. The Hall–Kier alpha value is -2.37. The summed E-state index contributed by atoms with van der Waals surface area (Å²) in [6.07, 6.45) is 0.741. The molecule has 1 unspecified atom stereocenters. The highest BCUT2D eigenvalue weighted by atomic mass is 16.5. The fraction of sp³-hybridized carbons (Fsp3) is 0.400. The second kappa shape index (κ2) is 5.95. The maximum absolute atomic E-state index is 12.5. The number of rotatable bonds is 5. The predicted octanol–water partition coefficient (Wildman–Crippen LogP) is 1.90. The van der Waals surface area contributed by atoms with Crippen molar-refractivity contribution < 1.29 is 19.1 Å². The van der Waals surface area contributed by atoms with Crippen LogP contribution in [0.3, 0.4) is 0 Å². The average molecular weight is 290 g/mol. The summed E-state index contributed by atoms with van der Waals surface area (Å²) in [5.74, 6) is -1.17. The van der Waals surface area contributed by atoms with E-state index in [0.717, 1.165) is 12.1 Å². The first-order chi connectivity index (χ1) is 10.0. The van der Waals surface area contributed by atoms with E-state index in [1.807, 2.05) is 13.0 Å². The van der Waals surface area contributed by atoms with E-state index in [0.29, 0.717) is 17.0 Å². The Morgan fingerprint density at radius 1 is 1.33 bits per heavy atom. The van der Waals surface area contributed by atoms with Crippen molar-refractivity contribution in [2.75, 3.05) is 14.2 Å². The maximum atomic E-state index is 12.5. The van der Waals surface area contributed by atoms with Crippen LogP contribution in [0.25, 0.3) is 5.52 Å². The van der Waals surface area contributed by atoms with Crippen LogP contribution in [-0.4, -0.2) is 35.6 Å². The van der Waals surface area contributed by atoms with Crippen LogP contribution in [0.1, 0.15) is 29.9 Å². The third-order valence-corrected chi connectivity index (χ3v) is 3.42. The van der Waals surface area contributed by atoms with Gasteiger partial charge < -0.3 is 9.47 Å². The standard InChI is InChI=1S/C15H18N2O4/c1-5-10-8-12-11(14(18)9(2)15(19)21-4)6-7-13(20-3)17(12)16-10/h6-9H,5H2,1-4H3. The number of hydrogen-bond donors (Lipinski definition) is 0. The lowest BCUT2D eigenvalue weighted by Crippen LogP contribution is -2.23. The lowest BCUT2D eigenvalue weighted by Gasteiger charge is -2.10. The summed E-state index contributed by atoms with van der Waals surface area (Å²) in [6, 6.07) is 5.15. The topological polar surface area (TPSA) is 69.9 Å². The molecule has 0 radical (unpaired) electrons. The number of methoxy groups -OCH3 is 2. The molecule has 21 heavy (non-hydrogen) atoms.